The summed E-state index contributed by atoms with van der Waals surface area (Å²) < 4.78 is 45.5. The van der Waals surface area contributed by atoms with Gasteiger partial charge in [-0.05, 0) is 37.3 Å². The SMILES string of the molecule is Cc1cc(=O)c(C(=O)OCc2nc(N)nc(Nc3ccccc3)n2)nn1-c1cccc(C(F)(F)F)c1. The van der Waals surface area contributed by atoms with Crippen molar-refractivity contribution in [3.8, 4) is 5.69 Å². The molecule has 4 rings (SSSR count). The maximum absolute atomic E-state index is 13.1. The number of carbonyl (C=O) groups is 1. The molecule has 36 heavy (non-hydrogen) atoms. The van der Waals surface area contributed by atoms with Crippen molar-refractivity contribution >= 4 is 23.6 Å². The number of aromatic nitrogens is 5. The number of aryl methyl sites for hydroxylation is 1. The highest BCUT2D eigenvalue weighted by Gasteiger charge is 2.30. The molecular weight excluding hydrogens is 479 g/mol. The van der Waals surface area contributed by atoms with Crippen LogP contribution in [0, 0.1) is 6.92 Å². The number of hydrogen-bond donors (Lipinski definition) is 2. The Morgan fingerprint density at radius 3 is 2.53 bits per heavy atom. The zero-order valence-electron chi connectivity index (χ0n) is 18.7. The second-order valence-electron chi connectivity index (χ2n) is 7.46. The maximum Gasteiger partial charge on any atom is 0.416 e. The van der Waals surface area contributed by atoms with Crippen LogP contribution in [-0.2, 0) is 17.5 Å². The molecule has 0 amide bonds. The van der Waals surface area contributed by atoms with E-state index >= 15 is 0 Å². The number of benzene rings is 2. The van der Waals surface area contributed by atoms with Crippen LogP contribution in [0.5, 0.6) is 0 Å². The molecule has 184 valence electrons. The second kappa shape index (κ2) is 9.82. The molecule has 0 spiro atoms. The molecule has 0 unspecified atom stereocenters. The number of hydrogen-bond acceptors (Lipinski definition) is 9. The van der Waals surface area contributed by atoms with Gasteiger partial charge in [-0.2, -0.15) is 33.2 Å². The predicted molar refractivity (Wildman–Crippen MR) is 123 cm³/mol. The van der Waals surface area contributed by atoms with Crippen LogP contribution in [0.2, 0.25) is 0 Å². The van der Waals surface area contributed by atoms with Crippen LogP contribution in [0.15, 0.2) is 65.5 Å². The summed E-state index contributed by atoms with van der Waals surface area (Å²) in [6, 6.07) is 14.4. The number of halogens is 3. The number of alkyl halides is 3. The fourth-order valence-electron chi connectivity index (χ4n) is 3.17. The molecule has 0 radical (unpaired) electrons. The molecule has 0 fully saturated rings. The van der Waals surface area contributed by atoms with E-state index in [4.69, 9.17) is 10.5 Å². The number of nitrogens with one attached hydrogen (secondary N) is 1. The molecule has 0 saturated heterocycles. The molecule has 2 aromatic heterocycles. The predicted octanol–water partition coefficient (Wildman–Crippen LogP) is 3.43. The number of nitrogens with zero attached hydrogens (tertiary/aromatic N) is 5. The average Bonchev–Trinajstić information content (AvgIpc) is 2.82. The molecule has 3 N–H and O–H groups in total. The average molecular weight is 497 g/mol. The summed E-state index contributed by atoms with van der Waals surface area (Å²) in [6.45, 7) is 1.01. The van der Waals surface area contributed by atoms with E-state index in [0.717, 1.165) is 22.9 Å². The monoisotopic (exact) mass is 497 g/mol. The first-order valence-electron chi connectivity index (χ1n) is 10.4. The number of carbonyl (C=O) groups excluding carboxylic acids is 1. The topological polar surface area (TPSA) is 138 Å². The normalized spacial score (nSPS) is 11.2. The van der Waals surface area contributed by atoms with E-state index < -0.39 is 35.4 Å². The van der Waals surface area contributed by atoms with Crippen LogP contribution in [0.4, 0.5) is 30.8 Å². The Morgan fingerprint density at radius 2 is 1.81 bits per heavy atom. The number of ether oxygens (including phenoxy) is 1. The number of nitrogen functional groups attached to an aromatic ring is 1. The van der Waals surface area contributed by atoms with E-state index in [0.29, 0.717) is 5.69 Å². The van der Waals surface area contributed by atoms with Gasteiger partial charge in [0, 0.05) is 17.4 Å². The first-order chi connectivity index (χ1) is 17.1. The fraction of sp³-hybridized carbons (Fsp3) is 0.130. The van der Waals surface area contributed by atoms with E-state index in [2.05, 4.69) is 25.4 Å². The molecule has 13 heteroatoms. The molecule has 10 nitrogen and oxygen atoms in total. The molecule has 0 aliphatic heterocycles. The minimum Gasteiger partial charge on any atom is -0.453 e. The van der Waals surface area contributed by atoms with Gasteiger partial charge in [-0.3, -0.25) is 4.79 Å². The summed E-state index contributed by atoms with van der Waals surface area (Å²) >= 11 is 0. The molecule has 2 heterocycles. The van der Waals surface area contributed by atoms with E-state index in [1.807, 2.05) is 6.07 Å². The van der Waals surface area contributed by atoms with Crippen LogP contribution in [0.3, 0.4) is 0 Å². The Balaban J connectivity index is 1.55. The smallest absolute Gasteiger partial charge is 0.416 e. The Bertz CT molecular complexity index is 1470. The second-order valence-corrected chi connectivity index (χ2v) is 7.46. The van der Waals surface area contributed by atoms with Crippen LogP contribution < -0.4 is 16.5 Å². The summed E-state index contributed by atoms with van der Waals surface area (Å²) in [5, 5.41) is 6.87. The highest BCUT2D eigenvalue weighted by atomic mass is 19.4. The first kappa shape index (κ1) is 24.3. The van der Waals surface area contributed by atoms with Gasteiger partial charge in [0.15, 0.2) is 12.4 Å². The van der Waals surface area contributed by atoms with Gasteiger partial charge in [0.1, 0.15) is 0 Å². The number of rotatable bonds is 6. The number of para-hydroxylation sites is 1. The minimum atomic E-state index is -4.58. The van der Waals surface area contributed by atoms with Gasteiger partial charge in [0.2, 0.25) is 23.0 Å². The zero-order chi connectivity index (χ0) is 25.9. The van der Waals surface area contributed by atoms with Crippen molar-refractivity contribution in [2.75, 3.05) is 11.1 Å². The van der Waals surface area contributed by atoms with E-state index in [1.165, 1.54) is 19.1 Å². The third-order valence-corrected chi connectivity index (χ3v) is 4.78. The Labute approximate surface area is 201 Å². The minimum absolute atomic E-state index is 0.000373. The third-order valence-electron chi connectivity index (χ3n) is 4.78. The summed E-state index contributed by atoms with van der Waals surface area (Å²) in [7, 11) is 0. The van der Waals surface area contributed by atoms with Crippen LogP contribution >= 0.6 is 0 Å². The van der Waals surface area contributed by atoms with Crippen LogP contribution in [0.25, 0.3) is 5.69 Å². The van der Waals surface area contributed by atoms with Gasteiger partial charge in [-0.1, -0.05) is 24.3 Å². The Kier molecular flexibility index (Phi) is 6.63. The third kappa shape index (κ3) is 5.63. The lowest BCUT2D eigenvalue weighted by molar-refractivity contribution is -0.137. The first-order valence-corrected chi connectivity index (χ1v) is 10.4. The Morgan fingerprint density at radius 1 is 1.06 bits per heavy atom. The summed E-state index contributed by atoms with van der Waals surface area (Å²) in [5.41, 5.74) is 4.34. The lowest BCUT2D eigenvalue weighted by Gasteiger charge is -2.13. The summed E-state index contributed by atoms with van der Waals surface area (Å²) in [6.07, 6.45) is -4.58. The largest absolute Gasteiger partial charge is 0.453 e. The highest BCUT2D eigenvalue weighted by molar-refractivity contribution is 5.86. The standard InChI is InChI=1S/C23H18F3N7O3/c1-13-10-17(34)19(32-33(13)16-9-5-6-14(11-16)23(24,25)26)20(35)36-12-18-29-21(27)31-22(30-18)28-15-7-3-2-4-8-15/h2-11H,12H2,1H3,(H3,27,28,29,30,31). The van der Waals surface area contributed by atoms with Crippen molar-refractivity contribution in [2.45, 2.75) is 19.7 Å². The van der Waals surface area contributed by atoms with E-state index in [1.54, 1.807) is 24.3 Å². The van der Waals surface area contributed by atoms with Crippen molar-refractivity contribution in [3.63, 3.8) is 0 Å². The van der Waals surface area contributed by atoms with Crippen molar-refractivity contribution < 1.29 is 22.7 Å². The number of anilines is 3. The van der Waals surface area contributed by atoms with Gasteiger partial charge in [0.05, 0.1) is 11.3 Å². The summed E-state index contributed by atoms with van der Waals surface area (Å²) in [4.78, 5) is 37.0. The van der Waals surface area contributed by atoms with Crippen molar-refractivity contribution in [3.05, 3.63) is 93.7 Å². The van der Waals surface area contributed by atoms with Gasteiger partial charge in [0.25, 0.3) is 0 Å². The summed E-state index contributed by atoms with van der Waals surface area (Å²) in [5.74, 6) is -1.13. The van der Waals surface area contributed by atoms with Crippen molar-refractivity contribution in [1.82, 2.24) is 24.7 Å². The molecular formula is C23H18F3N7O3. The molecule has 4 aromatic rings. The van der Waals surface area contributed by atoms with Crippen molar-refractivity contribution in [2.24, 2.45) is 0 Å². The van der Waals surface area contributed by atoms with E-state index in [-0.39, 0.29) is 29.1 Å². The molecule has 0 aliphatic carbocycles. The number of esters is 1. The van der Waals surface area contributed by atoms with Gasteiger partial charge < -0.3 is 15.8 Å². The number of nitrogens with two attached hydrogens (primary N) is 1. The lowest BCUT2D eigenvalue weighted by atomic mass is 10.2. The molecule has 0 bridgehead atoms. The fourth-order valence-corrected chi connectivity index (χ4v) is 3.17. The van der Waals surface area contributed by atoms with Crippen LogP contribution in [-0.4, -0.2) is 30.7 Å². The molecule has 2 aromatic carbocycles. The van der Waals surface area contributed by atoms with Gasteiger partial charge in [-0.25, -0.2) is 9.48 Å². The molecule has 0 saturated carbocycles. The van der Waals surface area contributed by atoms with Gasteiger partial charge in [-0.15, -0.1) is 0 Å². The highest BCUT2D eigenvalue weighted by Crippen LogP contribution is 2.30. The maximum atomic E-state index is 13.1. The lowest BCUT2D eigenvalue weighted by Crippen LogP contribution is -2.24. The molecule has 0 atom stereocenters. The van der Waals surface area contributed by atoms with Gasteiger partial charge >= 0.3 is 12.1 Å². The Hall–Kier alpha value is -4.81. The quantitative estimate of drug-likeness (QED) is 0.384. The van der Waals surface area contributed by atoms with E-state index in [9.17, 15) is 22.8 Å². The molecule has 0 aliphatic rings. The van der Waals surface area contributed by atoms with Crippen LogP contribution in [0.1, 0.15) is 27.6 Å². The van der Waals surface area contributed by atoms with Crippen molar-refractivity contribution in [1.29, 1.82) is 0 Å². The zero-order valence-corrected chi connectivity index (χ0v) is 18.7.